The number of fused-ring (bicyclic) bond motifs is 2. The number of ether oxygens (including phenoxy) is 2. The number of aryl methyl sites for hydroxylation is 1. The first-order valence-electron chi connectivity index (χ1n) is 12.4. The maximum atomic E-state index is 11.9. The SMILES string of the molecule is C=CC(=O)N1CCC(N[C@H]2COc3cc(-c4nc5ccc(OC)nn5c4-c4cn(C)cn4)ccc32)CC1. The number of nitrogens with zero attached hydrogens (tertiary/aromatic N) is 6. The van der Waals surface area contributed by atoms with Gasteiger partial charge in [0.25, 0.3) is 0 Å². The Morgan fingerprint density at radius 1 is 1.24 bits per heavy atom. The molecule has 0 radical (unpaired) electrons. The number of aromatic nitrogens is 5. The molecule has 10 heteroatoms. The van der Waals surface area contributed by atoms with Crippen LogP contribution < -0.4 is 14.8 Å². The summed E-state index contributed by atoms with van der Waals surface area (Å²) >= 11 is 0. The fourth-order valence-electron chi connectivity index (χ4n) is 5.17. The molecule has 190 valence electrons. The van der Waals surface area contributed by atoms with Gasteiger partial charge in [0.2, 0.25) is 11.8 Å². The summed E-state index contributed by atoms with van der Waals surface area (Å²) < 4.78 is 15.2. The molecule has 0 bridgehead atoms. The molecule has 1 amide bonds. The van der Waals surface area contributed by atoms with E-state index < -0.39 is 0 Å². The number of benzene rings is 1. The van der Waals surface area contributed by atoms with Crippen molar-refractivity contribution in [2.45, 2.75) is 24.9 Å². The van der Waals surface area contributed by atoms with E-state index in [0.717, 1.165) is 59.9 Å². The number of carbonyl (C=O) groups is 1. The first-order chi connectivity index (χ1) is 18.0. The van der Waals surface area contributed by atoms with E-state index in [1.54, 1.807) is 24.0 Å². The van der Waals surface area contributed by atoms with E-state index in [0.29, 0.717) is 24.2 Å². The van der Waals surface area contributed by atoms with Gasteiger partial charge in [-0.15, -0.1) is 5.10 Å². The molecule has 5 heterocycles. The number of piperidine rings is 1. The second kappa shape index (κ2) is 9.36. The first-order valence-corrected chi connectivity index (χ1v) is 12.4. The molecule has 1 aromatic carbocycles. The van der Waals surface area contributed by atoms with Crippen LogP contribution in [0.3, 0.4) is 0 Å². The highest BCUT2D eigenvalue weighted by Crippen LogP contribution is 2.39. The van der Waals surface area contributed by atoms with Gasteiger partial charge in [-0.2, -0.15) is 0 Å². The van der Waals surface area contributed by atoms with Gasteiger partial charge in [-0.3, -0.25) is 4.79 Å². The smallest absolute Gasteiger partial charge is 0.245 e. The molecular formula is C27H29N7O3. The van der Waals surface area contributed by atoms with Gasteiger partial charge in [-0.05, 0) is 31.1 Å². The van der Waals surface area contributed by atoms with Gasteiger partial charge in [0.1, 0.15) is 29.4 Å². The highest BCUT2D eigenvalue weighted by molar-refractivity contribution is 5.87. The van der Waals surface area contributed by atoms with Crippen molar-refractivity contribution in [3.8, 4) is 34.3 Å². The summed E-state index contributed by atoms with van der Waals surface area (Å²) in [6.07, 6.45) is 6.93. The fourth-order valence-corrected chi connectivity index (χ4v) is 5.17. The third-order valence-electron chi connectivity index (χ3n) is 7.10. The van der Waals surface area contributed by atoms with E-state index in [4.69, 9.17) is 14.5 Å². The van der Waals surface area contributed by atoms with E-state index in [1.807, 2.05) is 34.8 Å². The molecule has 1 N–H and O–H groups in total. The van der Waals surface area contributed by atoms with E-state index in [2.05, 4.69) is 34.1 Å². The lowest BCUT2D eigenvalue weighted by atomic mass is 10.00. The van der Waals surface area contributed by atoms with Crippen molar-refractivity contribution in [3.63, 3.8) is 0 Å². The Hall–Kier alpha value is -4.18. The van der Waals surface area contributed by atoms with Crippen LogP contribution in [0.2, 0.25) is 0 Å². The van der Waals surface area contributed by atoms with Crippen molar-refractivity contribution in [2.75, 3.05) is 26.8 Å². The lowest BCUT2D eigenvalue weighted by molar-refractivity contribution is -0.127. The Kier molecular flexibility index (Phi) is 5.88. The van der Waals surface area contributed by atoms with Gasteiger partial charge in [0, 0.05) is 49.6 Å². The molecule has 1 saturated heterocycles. The van der Waals surface area contributed by atoms with Crippen molar-refractivity contribution in [1.29, 1.82) is 0 Å². The quantitative estimate of drug-likeness (QED) is 0.407. The normalized spacial score (nSPS) is 17.6. The van der Waals surface area contributed by atoms with Crippen LogP contribution in [-0.4, -0.2) is 67.8 Å². The van der Waals surface area contributed by atoms with E-state index >= 15 is 0 Å². The zero-order valence-electron chi connectivity index (χ0n) is 20.9. The number of methoxy groups -OCH3 is 1. The van der Waals surface area contributed by atoms with Crippen LogP contribution in [0.4, 0.5) is 0 Å². The zero-order valence-corrected chi connectivity index (χ0v) is 20.9. The predicted octanol–water partition coefficient (Wildman–Crippen LogP) is 3.01. The molecule has 10 nitrogen and oxygen atoms in total. The van der Waals surface area contributed by atoms with E-state index in [1.165, 1.54) is 6.08 Å². The summed E-state index contributed by atoms with van der Waals surface area (Å²) in [5, 5.41) is 8.35. The monoisotopic (exact) mass is 499 g/mol. The molecule has 0 unspecified atom stereocenters. The second-order valence-electron chi connectivity index (χ2n) is 9.47. The largest absolute Gasteiger partial charge is 0.491 e. The number of amides is 1. The van der Waals surface area contributed by atoms with Crippen molar-refractivity contribution in [2.24, 2.45) is 7.05 Å². The van der Waals surface area contributed by atoms with Gasteiger partial charge in [-0.25, -0.2) is 14.5 Å². The van der Waals surface area contributed by atoms with Crippen molar-refractivity contribution in [3.05, 3.63) is 61.1 Å². The summed E-state index contributed by atoms with van der Waals surface area (Å²) in [4.78, 5) is 23.2. The minimum absolute atomic E-state index is 0.00573. The first kappa shape index (κ1) is 23.2. The average molecular weight is 500 g/mol. The van der Waals surface area contributed by atoms with Crippen molar-refractivity contribution in [1.82, 2.24) is 34.4 Å². The van der Waals surface area contributed by atoms with Crippen LogP contribution in [0.1, 0.15) is 24.4 Å². The Morgan fingerprint density at radius 2 is 2.08 bits per heavy atom. The molecule has 0 spiro atoms. The molecule has 37 heavy (non-hydrogen) atoms. The van der Waals surface area contributed by atoms with E-state index in [9.17, 15) is 4.79 Å². The molecule has 4 aromatic rings. The number of nitrogens with one attached hydrogen (secondary N) is 1. The number of rotatable bonds is 6. The molecule has 0 saturated carbocycles. The highest BCUT2D eigenvalue weighted by atomic mass is 16.5. The minimum atomic E-state index is 0.00573. The van der Waals surface area contributed by atoms with Gasteiger partial charge in [-0.1, -0.05) is 18.7 Å². The summed E-state index contributed by atoms with van der Waals surface area (Å²) in [5.74, 6) is 1.36. The number of hydrogen-bond donors (Lipinski definition) is 1. The summed E-state index contributed by atoms with van der Waals surface area (Å²) in [7, 11) is 3.53. The number of likely N-dealkylation sites (tertiary alicyclic amines) is 1. The lowest BCUT2D eigenvalue weighted by Crippen LogP contribution is -2.45. The van der Waals surface area contributed by atoms with Crippen LogP contribution in [0.5, 0.6) is 11.6 Å². The highest BCUT2D eigenvalue weighted by Gasteiger charge is 2.30. The molecule has 3 aromatic heterocycles. The lowest BCUT2D eigenvalue weighted by Gasteiger charge is -2.33. The molecule has 2 aliphatic heterocycles. The predicted molar refractivity (Wildman–Crippen MR) is 138 cm³/mol. The topological polar surface area (TPSA) is 98.8 Å². The maximum Gasteiger partial charge on any atom is 0.245 e. The number of imidazole rings is 2. The van der Waals surface area contributed by atoms with Gasteiger partial charge >= 0.3 is 0 Å². The number of carbonyl (C=O) groups excluding carboxylic acids is 1. The summed E-state index contributed by atoms with van der Waals surface area (Å²) in [6, 6.07) is 10.4. The van der Waals surface area contributed by atoms with E-state index in [-0.39, 0.29) is 11.9 Å². The molecular weight excluding hydrogens is 470 g/mol. The van der Waals surface area contributed by atoms with Crippen molar-refractivity contribution < 1.29 is 14.3 Å². The van der Waals surface area contributed by atoms with Crippen LogP contribution in [-0.2, 0) is 11.8 Å². The van der Waals surface area contributed by atoms with Gasteiger partial charge < -0.3 is 24.3 Å². The third kappa shape index (κ3) is 4.23. The molecule has 6 rings (SSSR count). The maximum absolute atomic E-state index is 11.9. The second-order valence-corrected chi connectivity index (χ2v) is 9.47. The number of hydrogen-bond acceptors (Lipinski definition) is 7. The Labute approximate surface area is 214 Å². The van der Waals surface area contributed by atoms with Crippen LogP contribution in [0.25, 0.3) is 28.3 Å². The van der Waals surface area contributed by atoms with Crippen LogP contribution in [0, 0.1) is 0 Å². The Bertz CT molecular complexity index is 1480. The van der Waals surface area contributed by atoms with Crippen molar-refractivity contribution >= 4 is 11.6 Å². The standard InChI is InChI=1S/C27H29N7O3/c1-4-25(35)33-11-9-18(10-12-33)29-21-15-37-22-13-17(5-6-19(21)22)26-27(20-14-32(2)16-28-20)34-23(30-26)7-8-24(31-34)36-3/h4-8,13-14,16,18,21,29H,1,9-12,15H2,2-3H3/t21-/m0/s1. The molecule has 1 atom stereocenters. The van der Waals surface area contributed by atoms with Crippen LogP contribution >= 0.6 is 0 Å². The third-order valence-corrected chi connectivity index (χ3v) is 7.10. The molecule has 2 aliphatic rings. The van der Waals surface area contributed by atoms with Gasteiger partial charge in [0.15, 0.2) is 5.65 Å². The molecule has 1 fully saturated rings. The Morgan fingerprint density at radius 3 is 2.81 bits per heavy atom. The fraction of sp³-hybridized carbons (Fsp3) is 0.333. The van der Waals surface area contributed by atoms with Gasteiger partial charge in [0.05, 0.1) is 19.5 Å². The zero-order chi connectivity index (χ0) is 25.5. The minimum Gasteiger partial charge on any atom is -0.491 e. The summed E-state index contributed by atoms with van der Waals surface area (Å²) in [6.45, 7) is 5.65. The molecule has 0 aliphatic carbocycles. The average Bonchev–Trinajstić information content (AvgIpc) is 3.64. The summed E-state index contributed by atoms with van der Waals surface area (Å²) in [5.41, 5.74) is 5.12. The van der Waals surface area contributed by atoms with Crippen LogP contribution in [0.15, 0.2) is 55.5 Å². The Balaban J connectivity index is 1.29.